The largest absolute Gasteiger partial charge is 0.394 e. The zero-order chi connectivity index (χ0) is 28.7. The Morgan fingerprint density at radius 3 is 2.51 bits per heavy atom. The topological polar surface area (TPSA) is 174 Å². The van der Waals surface area contributed by atoms with Crippen LogP contribution in [0.3, 0.4) is 0 Å². The first-order chi connectivity index (χ1) is 18.2. The number of halogens is 1. The molecule has 11 heteroatoms. The minimum atomic E-state index is -2.10. The Kier molecular flexibility index (Phi) is 7.04. The normalized spacial score (nSPS) is 53.0. The molecule has 5 aliphatic rings. The van der Waals surface area contributed by atoms with Crippen molar-refractivity contribution in [2.75, 3.05) is 13.2 Å². The summed E-state index contributed by atoms with van der Waals surface area (Å²) in [5, 5.41) is 63.1. The molecule has 0 radical (unpaired) electrons. The number of hydrogen-bond donors (Lipinski definition) is 6. The molecule has 39 heavy (non-hydrogen) atoms. The lowest BCUT2D eigenvalue weighted by atomic mass is 9.45. The third kappa shape index (κ3) is 3.74. The van der Waals surface area contributed by atoms with Crippen LogP contribution < -0.4 is 0 Å². The number of hydrogen-bond acceptors (Lipinski definition) is 10. The van der Waals surface area contributed by atoms with Gasteiger partial charge >= 0.3 is 0 Å². The number of carbonyl (C=O) groups is 2. The maximum Gasteiger partial charge on any atom is 0.190 e. The highest BCUT2D eigenvalue weighted by Gasteiger charge is 2.75. The van der Waals surface area contributed by atoms with Gasteiger partial charge in [-0.1, -0.05) is 31.6 Å². The van der Waals surface area contributed by atoms with Crippen molar-refractivity contribution in [3.05, 3.63) is 23.8 Å². The van der Waals surface area contributed by atoms with E-state index in [9.17, 15) is 40.2 Å². The van der Waals surface area contributed by atoms with Crippen LogP contribution >= 0.6 is 0 Å². The molecule has 0 aromatic carbocycles. The number of alkyl halides is 1. The van der Waals surface area contributed by atoms with Crippen molar-refractivity contribution in [2.45, 2.75) is 94.5 Å². The summed E-state index contributed by atoms with van der Waals surface area (Å²) in [6.45, 7) is 3.70. The first-order valence-electron chi connectivity index (χ1n) is 13.6. The number of carbonyl (C=O) groups excluding carboxylic acids is 2. The highest BCUT2D eigenvalue weighted by atomic mass is 19.1. The Labute approximate surface area is 226 Å². The van der Waals surface area contributed by atoms with E-state index in [0.717, 1.165) is 0 Å². The van der Waals surface area contributed by atoms with Crippen molar-refractivity contribution in [3.8, 4) is 0 Å². The van der Waals surface area contributed by atoms with Crippen LogP contribution in [0.1, 0.15) is 46.5 Å². The van der Waals surface area contributed by atoms with Gasteiger partial charge in [0.25, 0.3) is 0 Å². The smallest absolute Gasteiger partial charge is 0.190 e. The molecule has 1 heterocycles. The summed E-state index contributed by atoms with van der Waals surface area (Å²) in [5.41, 5.74) is -5.86. The second-order valence-corrected chi connectivity index (χ2v) is 12.6. The number of aliphatic hydroxyl groups excluding tert-OH is 5. The van der Waals surface area contributed by atoms with Gasteiger partial charge in [0.1, 0.15) is 36.6 Å². The molecular formula is C28H39FO10. The number of allylic oxidation sites excluding steroid dienone is 4. The van der Waals surface area contributed by atoms with Crippen molar-refractivity contribution in [1.82, 2.24) is 0 Å². The van der Waals surface area contributed by atoms with E-state index in [1.54, 1.807) is 26.8 Å². The Morgan fingerprint density at radius 2 is 1.85 bits per heavy atom. The molecule has 5 rings (SSSR count). The van der Waals surface area contributed by atoms with E-state index in [1.807, 2.05) is 6.08 Å². The molecule has 6 N–H and O–H groups in total. The fourth-order valence-corrected chi connectivity index (χ4v) is 8.52. The average molecular weight is 555 g/mol. The van der Waals surface area contributed by atoms with Gasteiger partial charge in [-0.3, -0.25) is 9.59 Å². The fraction of sp³-hybridized carbons (Fsp3) is 0.786. The number of ether oxygens (including phenoxy) is 2. The predicted octanol–water partition coefficient (Wildman–Crippen LogP) is -0.280. The van der Waals surface area contributed by atoms with E-state index in [0.29, 0.717) is 12.0 Å². The third-order valence-corrected chi connectivity index (χ3v) is 10.8. The Hall–Kier alpha value is -1.57. The minimum absolute atomic E-state index is 0.0914. The first kappa shape index (κ1) is 28.9. The number of rotatable bonds is 5. The van der Waals surface area contributed by atoms with Crippen LogP contribution in [0.5, 0.6) is 0 Å². The van der Waals surface area contributed by atoms with Crippen LogP contribution in [0.25, 0.3) is 0 Å². The molecule has 0 spiro atoms. The zero-order valence-corrected chi connectivity index (χ0v) is 22.4. The lowest BCUT2D eigenvalue weighted by Gasteiger charge is -2.62. The highest BCUT2D eigenvalue weighted by Crippen LogP contribution is 2.70. The van der Waals surface area contributed by atoms with Gasteiger partial charge in [0.15, 0.2) is 23.5 Å². The average Bonchev–Trinajstić information content (AvgIpc) is 3.09. The third-order valence-electron chi connectivity index (χ3n) is 10.8. The predicted molar refractivity (Wildman–Crippen MR) is 133 cm³/mol. The van der Waals surface area contributed by atoms with Crippen molar-refractivity contribution < 1.29 is 54.1 Å². The van der Waals surface area contributed by atoms with E-state index in [1.165, 1.54) is 6.08 Å². The van der Waals surface area contributed by atoms with E-state index in [2.05, 4.69) is 0 Å². The Bertz CT molecular complexity index is 1090. The first-order valence-corrected chi connectivity index (χ1v) is 13.6. The van der Waals surface area contributed by atoms with E-state index < -0.39 is 95.7 Å². The van der Waals surface area contributed by atoms with Gasteiger partial charge < -0.3 is 40.1 Å². The number of aliphatic hydroxyl groups is 6. The van der Waals surface area contributed by atoms with Gasteiger partial charge in [-0.25, -0.2) is 4.39 Å². The number of ketones is 2. The van der Waals surface area contributed by atoms with Crippen molar-refractivity contribution >= 4 is 11.6 Å². The number of Topliss-reactive ketones (excluding diaryl/α,β-unsaturated/α-hetero) is 1. The van der Waals surface area contributed by atoms with Crippen LogP contribution in [0.15, 0.2) is 23.8 Å². The second-order valence-electron chi connectivity index (χ2n) is 12.6. The van der Waals surface area contributed by atoms with Crippen LogP contribution in [0.4, 0.5) is 4.39 Å². The zero-order valence-electron chi connectivity index (χ0n) is 22.4. The SMILES string of the molecule is C[C@@H]1CC2C3CC=C4CC(=O)C=CC4(C)[C@@]3(F)C(O)CC2(C)[C@@]1(O)C(=O)CO[C@@H]1O[C@H](CO)[C@H](O)[C@H](O)[C@H]1O. The summed E-state index contributed by atoms with van der Waals surface area (Å²) in [6, 6.07) is 0. The van der Waals surface area contributed by atoms with E-state index in [4.69, 9.17) is 9.47 Å². The molecule has 5 unspecified atom stereocenters. The van der Waals surface area contributed by atoms with E-state index in [-0.39, 0.29) is 25.0 Å². The van der Waals surface area contributed by atoms with Gasteiger partial charge in [-0.15, -0.1) is 0 Å². The molecule has 1 saturated heterocycles. The van der Waals surface area contributed by atoms with Crippen LogP contribution in [0, 0.1) is 28.6 Å². The molecule has 0 amide bonds. The molecule has 218 valence electrons. The Morgan fingerprint density at radius 1 is 1.15 bits per heavy atom. The lowest BCUT2D eigenvalue weighted by Crippen LogP contribution is -2.69. The quantitative estimate of drug-likeness (QED) is 0.248. The summed E-state index contributed by atoms with van der Waals surface area (Å²) >= 11 is 0. The molecule has 0 aromatic heterocycles. The standard InChI is InChI=1S/C28H39FO10/c1-13-8-17-16-5-4-14-9-15(31)6-7-25(14,2)27(16,29)19(32)10-26(17,3)28(13,37)20(33)12-38-24-23(36)22(35)21(34)18(11-30)39-24/h4,6-7,13,16-19,21-24,30,32,34-37H,5,8-12H2,1-3H3/t13-,16?,17?,18-,19?,21+,22+,23-,24-,25?,26?,27+,28+/m1/s1. The Balaban J connectivity index is 1.41. The van der Waals surface area contributed by atoms with Gasteiger partial charge in [-0.05, 0) is 44.1 Å². The van der Waals surface area contributed by atoms with Crippen LogP contribution in [0.2, 0.25) is 0 Å². The van der Waals surface area contributed by atoms with Crippen molar-refractivity contribution in [2.24, 2.45) is 28.6 Å². The maximum atomic E-state index is 17.3. The molecule has 3 fully saturated rings. The summed E-state index contributed by atoms with van der Waals surface area (Å²) in [6.07, 6.45) is -4.01. The van der Waals surface area contributed by atoms with Gasteiger partial charge in [0.05, 0.1) is 12.7 Å². The number of fused-ring (bicyclic) bond motifs is 5. The van der Waals surface area contributed by atoms with Crippen LogP contribution in [-0.2, 0) is 19.1 Å². The van der Waals surface area contributed by atoms with Gasteiger partial charge in [0.2, 0.25) is 0 Å². The molecule has 0 aromatic rings. The minimum Gasteiger partial charge on any atom is -0.394 e. The fourth-order valence-electron chi connectivity index (χ4n) is 8.52. The van der Waals surface area contributed by atoms with Gasteiger partial charge in [-0.2, -0.15) is 0 Å². The second kappa shape index (κ2) is 9.49. The molecule has 4 aliphatic carbocycles. The lowest BCUT2D eigenvalue weighted by molar-refractivity contribution is -0.300. The van der Waals surface area contributed by atoms with Crippen LogP contribution in [-0.4, -0.2) is 103 Å². The van der Waals surface area contributed by atoms with E-state index >= 15 is 4.39 Å². The molecule has 1 aliphatic heterocycles. The highest BCUT2D eigenvalue weighted by molar-refractivity contribution is 5.93. The molecule has 0 bridgehead atoms. The van der Waals surface area contributed by atoms with Crippen molar-refractivity contribution in [3.63, 3.8) is 0 Å². The molecule has 2 saturated carbocycles. The monoisotopic (exact) mass is 554 g/mol. The molecular weight excluding hydrogens is 515 g/mol. The molecule has 13 atom stereocenters. The molecule has 10 nitrogen and oxygen atoms in total. The summed E-state index contributed by atoms with van der Waals surface area (Å²) in [4.78, 5) is 25.7. The van der Waals surface area contributed by atoms with Gasteiger partial charge in [0, 0.05) is 23.2 Å². The maximum absolute atomic E-state index is 17.3. The summed E-state index contributed by atoms with van der Waals surface area (Å²) in [5.74, 6) is -2.66. The summed E-state index contributed by atoms with van der Waals surface area (Å²) in [7, 11) is 0. The van der Waals surface area contributed by atoms with Crippen molar-refractivity contribution in [1.29, 1.82) is 0 Å². The summed E-state index contributed by atoms with van der Waals surface area (Å²) < 4.78 is 28.0.